The number of hydrogen-bond donors (Lipinski definition) is 1. The van der Waals surface area contributed by atoms with E-state index in [1.165, 1.54) is 16.2 Å². The van der Waals surface area contributed by atoms with Gasteiger partial charge in [-0.1, -0.05) is 25.5 Å². The van der Waals surface area contributed by atoms with Gasteiger partial charge < -0.3 is 20.1 Å². The van der Waals surface area contributed by atoms with Crippen LogP contribution in [0, 0.1) is 0 Å². The van der Waals surface area contributed by atoms with Gasteiger partial charge in [0.25, 0.3) is 5.56 Å². The molecule has 0 radical (unpaired) electrons. The molecule has 0 bridgehead atoms. The van der Waals surface area contributed by atoms with Crippen LogP contribution >= 0.6 is 0 Å². The third-order valence-corrected chi connectivity index (χ3v) is 5.22. The molecule has 0 saturated carbocycles. The molecule has 1 aromatic carbocycles. The molecule has 9 nitrogen and oxygen atoms in total. The van der Waals surface area contributed by atoms with E-state index in [-0.39, 0.29) is 12.4 Å². The van der Waals surface area contributed by atoms with Gasteiger partial charge in [-0.05, 0) is 24.1 Å². The van der Waals surface area contributed by atoms with E-state index in [9.17, 15) is 14.4 Å². The lowest BCUT2D eigenvalue weighted by molar-refractivity contribution is 0.0600. The topological polar surface area (TPSA) is 109 Å². The van der Waals surface area contributed by atoms with Crippen molar-refractivity contribution < 1.29 is 14.3 Å². The van der Waals surface area contributed by atoms with Gasteiger partial charge in [-0.3, -0.25) is 13.9 Å². The zero-order valence-electron chi connectivity index (χ0n) is 17.4. The quantitative estimate of drug-likeness (QED) is 0.672. The Bertz CT molecular complexity index is 1000. The Morgan fingerprint density at radius 2 is 1.80 bits per heavy atom. The maximum absolute atomic E-state index is 13.3. The van der Waals surface area contributed by atoms with E-state index in [1.54, 1.807) is 24.3 Å². The van der Waals surface area contributed by atoms with Crippen molar-refractivity contribution >= 4 is 17.5 Å². The van der Waals surface area contributed by atoms with Gasteiger partial charge in [-0.2, -0.15) is 0 Å². The van der Waals surface area contributed by atoms with E-state index in [2.05, 4.69) is 0 Å². The van der Waals surface area contributed by atoms with Gasteiger partial charge in [-0.25, -0.2) is 9.59 Å². The number of anilines is 2. The second-order valence-corrected chi connectivity index (χ2v) is 7.20. The average Bonchev–Trinajstić information content (AvgIpc) is 2.77. The minimum atomic E-state index is -0.442. The van der Waals surface area contributed by atoms with Crippen LogP contribution in [0.5, 0.6) is 0 Å². The van der Waals surface area contributed by atoms with Gasteiger partial charge in [0.2, 0.25) is 0 Å². The minimum Gasteiger partial charge on any atom is -0.465 e. The SMILES string of the molecule is CCCCn1c(N)c(N2CCOCC2)c(=O)n(Cc2ccc(C(=O)OC)cc2)c1=O. The summed E-state index contributed by atoms with van der Waals surface area (Å²) in [4.78, 5) is 39.9. The third-order valence-electron chi connectivity index (χ3n) is 5.22. The Morgan fingerprint density at radius 3 is 2.40 bits per heavy atom. The number of carbonyl (C=O) groups is 1. The first-order valence-electron chi connectivity index (χ1n) is 10.1. The minimum absolute atomic E-state index is 0.0862. The Labute approximate surface area is 174 Å². The van der Waals surface area contributed by atoms with Crippen molar-refractivity contribution in [1.29, 1.82) is 0 Å². The molecule has 0 amide bonds. The van der Waals surface area contributed by atoms with Crippen LogP contribution in [0.4, 0.5) is 11.5 Å². The molecule has 0 spiro atoms. The van der Waals surface area contributed by atoms with Gasteiger partial charge in [0.15, 0.2) is 0 Å². The van der Waals surface area contributed by atoms with Crippen molar-refractivity contribution in [3.63, 3.8) is 0 Å². The number of unbranched alkanes of at least 4 members (excludes halogenated alkanes) is 1. The Balaban J connectivity index is 2.05. The van der Waals surface area contributed by atoms with Crippen molar-refractivity contribution in [2.75, 3.05) is 44.0 Å². The molecule has 2 heterocycles. The first-order valence-corrected chi connectivity index (χ1v) is 10.1. The van der Waals surface area contributed by atoms with E-state index in [0.29, 0.717) is 44.1 Å². The number of nitrogens with zero attached hydrogens (tertiary/aromatic N) is 3. The molecular formula is C21H28N4O5. The largest absolute Gasteiger partial charge is 0.465 e. The van der Waals surface area contributed by atoms with Crippen LogP contribution in [0.15, 0.2) is 33.9 Å². The number of hydrogen-bond acceptors (Lipinski definition) is 7. The lowest BCUT2D eigenvalue weighted by Gasteiger charge is -2.30. The zero-order valence-corrected chi connectivity index (χ0v) is 17.4. The molecule has 2 N–H and O–H groups in total. The first kappa shape index (κ1) is 21.6. The summed E-state index contributed by atoms with van der Waals surface area (Å²) in [5.74, 6) is -0.236. The van der Waals surface area contributed by atoms with Crippen molar-refractivity contribution in [2.45, 2.75) is 32.9 Å². The lowest BCUT2D eigenvalue weighted by Crippen LogP contribution is -2.47. The molecule has 0 unspecified atom stereocenters. The van der Waals surface area contributed by atoms with Crippen molar-refractivity contribution in [3.8, 4) is 0 Å². The van der Waals surface area contributed by atoms with Crippen LogP contribution in [0.25, 0.3) is 0 Å². The molecule has 2 aromatic rings. The summed E-state index contributed by atoms with van der Waals surface area (Å²) < 4.78 is 12.8. The molecule has 0 aliphatic carbocycles. The van der Waals surface area contributed by atoms with Crippen molar-refractivity contribution in [1.82, 2.24) is 9.13 Å². The molecule has 30 heavy (non-hydrogen) atoms. The van der Waals surface area contributed by atoms with Crippen LogP contribution in [-0.4, -0.2) is 48.5 Å². The van der Waals surface area contributed by atoms with Crippen LogP contribution < -0.4 is 21.9 Å². The molecule has 1 aliphatic heterocycles. The fraction of sp³-hybridized carbons (Fsp3) is 0.476. The number of nitrogen functional groups attached to an aromatic ring is 1. The molecule has 1 aliphatic rings. The second-order valence-electron chi connectivity index (χ2n) is 7.20. The molecular weight excluding hydrogens is 388 g/mol. The first-order chi connectivity index (χ1) is 14.5. The molecule has 3 rings (SSSR count). The molecule has 162 valence electrons. The number of esters is 1. The summed E-state index contributed by atoms with van der Waals surface area (Å²) in [6.07, 6.45) is 1.67. The van der Waals surface area contributed by atoms with E-state index in [0.717, 1.165) is 18.4 Å². The summed E-state index contributed by atoms with van der Waals surface area (Å²) in [5, 5.41) is 0. The van der Waals surface area contributed by atoms with E-state index >= 15 is 0 Å². The Morgan fingerprint density at radius 1 is 1.13 bits per heavy atom. The standard InChI is InChI=1S/C21H28N4O5/c1-3-4-9-24-18(22)17(23-10-12-30-13-11-23)19(26)25(21(24)28)14-15-5-7-16(8-6-15)20(27)29-2/h5-8H,3-4,9-14,22H2,1-2H3. The van der Waals surface area contributed by atoms with Crippen LogP contribution in [0.3, 0.4) is 0 Å². The smallest absolute Gasteiger partial charge is 0.337 e. The van der Waals surface area contributed by atoms with Gasteiger partial charge in [-0.15, -0.1) is 0 Å². The van der Waals surface area contributed by atoms with Gasteiger partial charge >= 0.3 is 11.7 Å². The number of methoxy groups -OCH3 is 1. The summed E-state index contributed by atoms with van der Waals surface area (Å²) >= 11 is 0. The predicted octanol–water partition coefficient (Wildman–Crippen LogP) is 1.06. The fourth-order valence-electron chi connectivity index (χ4n) is 3.50. The van der Waals surface area contributed by atoms with Crippen LogP contribution in [0.1, 0.15) is 35.7 Å². The summed E-state index contributed by atoms with van der Waals surface area (Å²) in [6.45, 7) is 4.65. The fourth-order valence-corrected chi connectivity index (χ4v) is 3.50. The summed E-state index contributed by atoms with van der Waals surface area (Å²) in [5.41, 5.74) is 6.93. The highest BCUT2D eigenvalue weighted by Gasteiger charge is 2.23. The highest BCUT2D eigenvalue weighted by Crippen LogP contribution is 2.19. The third kappa shape index (κ3) is 4.40. The van der Waals surface area contributed by atoms with Crippen molar-refractivity contribution in [2.24, 2.45) is 0 Å². The van der Waals surface area contributed by atoms with Gasteiger partial charge in [0.1, 0.15) is 11.5 Å². The van der Waals surface area contributed by atoms with Crippen LogP contribution in [0.2, 0.25) is 0 Å². The number of rotatable bonds is 7. The highest BCUT2D eigenvalue weighted by atomic mass is 16.5. The number of aromatic nitrogens is 2. The molecule has 1 saturated heterocycles. The summed E-state index contributed by atoms with van der Waals surface area (Å²) in [6, 6.07) is 6.64. The number of benzene rings is 1. The van der Waals surface area contributed by atoms with E-state index in [4.69, 9.17) is 15.2 Å². The average molecular weight is 416 g/mol. The highest BCUT2D eigenvalue weighted by molar-refractivity contribution is 5.89. The van der Waals surface area contributed by atoms with Crippen molar-refractivity contribution in [3.05, 3.63) is 56.2 Å². The normalized spacial score (nSPS) is 14.0. The van der Waals surface area contributed by atoms with Gasteiger partial charge in [0.05, 0.1) is 32.4 Å². The van der Waals surface area contributed by atoms with Gasteiger partial charge in [0, 0.05) is 19.6 Å². The Hall–Kier alpha value is -3.07. The monoisotopic (exact) mass is 416 g/mol. The van der Waals surface area contributed by atoms with E-state index in [1.807, 2.05) is 11.8 Å². The molecule has 0 atom stereocenters. The van der Waals surface area contributed by atoms with E-state index < -0.39 is 17.2 Å². The maximum atomic E-state index is 13.3. The van der Waals surface area contributed by atoms with Crippen LogP contribution in [-0.2, 0) is 22.6 Å². The number of carbonyl (C=O) groups excluding carboxylic acids is 1. The zero-order chi connectivity index (χ0) is 21.7. The number of ether oxygens (including phenoxy) is 2. The maximum Gasteiger partial charge on any atom is 0.337 e. The summed E-state index contributed by atoms with van der Waals surface area (Å²) in [7, 11) is 1.32. The lowest BCUT2D eigenvalue weighted by atomic mass is 10.1. The number of morpholine rings is 1. The second kappa shape index (κ2) is 9.62. The Kier molecular flexibility index (Phi) is 6.94. The molecule has 1 fully saturated rings. The number of nitrogens with two attached hydrogens (primary N) is 1. The predicted molar refractivity (Wildman–Crippen MR) is 114 cm³/mol. The molecule has 1 aromatic heterocycles. The molecule has 9 heteroatoms.